The zero-order chi connectivity index (χ0) is 57.0. The molecule has 5 aliphatic heterocycles. The number of hydrogen-bond acceptors (Lipinski definition) is 24. The number of hydrogen-bond donors (Lipinski definition) is 8. The molecule has 0 aromatic carbocycles. The number of cyclic esters (lactones) is 1. The number of Topliss-reactive ketones (excluding diaryl/α,β-unsaturated/α-hetero) is 1. The summed E-state index contributed by atoms with van der Waals surface area (Å²) in [5, 5.41) is 88.1. The minimum Gasteiger partial charge on any atom is -0.726 e. The van der Waals surface area contributed by atoms with E-state index < -0.39 is 175 Å². The summed E-state index contributed by atoms with van der Waals surface area (Å²) in [5.74, 6) is -0.760. The Bertz CT molecular complexity index is 2380. The molecule has 444 valence electrons. The number of ether oxygens (including phenoxy) is 10. The van der Waals surface area contributed by atoms with E-state index in [9.17, 15) is 63.4 Å². The molecule has 4 aliphatic carbocycles. The van der Waals surface area contributed by atoms with Crippen LogP contribution in [0.4, 0.5) is 0 Å². The van der Waals surface area contributed by atoms with Crippen molar-refractivity contribution in [3.8, 4) is 0 Å². The van der Waals surface area contributed by atoms with Gasteiger partial charge >= 0.3 is 35.5 Å². The average molecular weight is 1160 g/mol. The predicted octanol–water partition coefficient (Wildman–Crippen LogP) is -3.08. The van der Waals surface area contributed by atoms with Crippen LogP contribution in [0.15, 0.2) is 23.8 Å². The van der Waals surface area contributed by atoms with Crippen molar-refractivity contribution in [2.75, 3.05) is 26.9 Å². The van der Waals surface area contributed by atoms with E-state index in [-0.39, 0.29) is 65.0 Å². The normalized spacial score (nSPS) is 49.6. The van der Waals surface area contributed by atoms with Crippen molar-refractivity contribution in [2.45, 2.75) is 229 Å². The zero-order valence-corrected chi connectivity index (χ0v) is 49.3. The van der Waals surface area contributed by atoms with Crippen LogP contribution >= 0.6 is 0 Å². The summed E-state index contributed by atoms with van der Waals surface area (Å²) in [7, 11) is -4.19. The maximum absolute atomic E-state index is 14.4. The molecule has 5 heterocycles. The summed E-state index contributed by atoms with van der Waals surface area (Å²) >= 11 is 0. The van der Waals surface area contributed by atoms with Crippen LogP contribution in [-0.2, 0) is 71.5 Å². The van der Waals surface area contributed by atoms with Gasteiger partial charge in [-0.2, -0.15) is 0 Å². The van der Waals surface area contributed by atoms with Gasteiger partial charge in [0, 0.05) is 18.9 Å². The summed E-state index contributed by atoms with van der Waals surface area (Å²) in [6.45, 7) is 16.0. The first-order valence-corrected chi connectivity index (χ1v) is 28.6. The molecule has 3 saturated carbocycles. The smallest absolute Gasteiger partial charge is 0.726 e. The number of allylic oxidation sites excluding steroid dienone is 3. The Hall–Kier alpha value is -1.19. The van der Waals surface area contributed by atoms with Crippen molar-refractivity contribution in [3.05, 3.63) is 23.8 Å². The zero-order valence-electron chi connectivity index (χ0n) is 46.5. The molecule has 9 aliphatic rings. The van der Waals surface area contributed by atoms with Crippen molar-refractivity contribution in [3.63, 3.8) is 0 Å². The standard InChI is InChI=1S/C53H82O24S.Na/c1-23(2)11-10-16-52(8)43-27(55)19-51(7)26-12-13-31-49(4,5)32(15-17-50(31,6)25(26)14-18-53(43,51)48(63)76-52)72-47-42(34(58)30(22-69-47)77-78(64,65)66)75-45-36(60)35(59)39(24(3)70-45)73-44-37(61)40(28(56)21-68-44)74-46-38(62)41(67-9)33(57)29(20-54)71-46;/h12,24-25,28-47,54,56-62H,1,10-11,13-22H2,2-9H3,(H,64,65,66);/q;+1/p-1/t24-,25-,28-,29-,30-,31?,32+,33-,34+,35-,36-,37-,38-,39-,40+,41+,42-,43-,44+,45+,46+,47+,50-,51+,52+,53-;/m1./s1. The Morgan fingerprint density at radius 3 is 2.10 bits per heavy atom. The molecule has 8 fully saturated rings. The van der Waals surface area contributed by atoms with Gasteiger partial charge in [0.2, 0.25) is 10.4 Å². The minimum atomic E-state index is -5.40. The second-order valence-electron chi connectivity index (χ2n) is 24.8. The van der Waals surface area contributed by atoms with Crippen LogP contribution in [0.1, 0.15) is 106 Å². The van der Waals surface area contributed by atoms with Crippen LogP contribution < -0.4 is 29.6 Å². The van der Waals surface area contributed by atoms with E-state index in [0.717, 1.165) is 24.0 Å². The number of aliphatic hydroxyl groups excluding tert-OH is 8. The molecule has 0 amide bonds. The minimum absolute atomic E-state index is 0. The van der Waals surface area contributed by atoms with Gasteiger partial charge in [0.15, 0.2) is 25.2 Å². The van der Waals surface area contributed by atoms with E-state index in [4.69, 9.17) is 47.4 Å². The third kappa shape index (κ3) is 11.1. The van der Waals surface area contributed by atoms with Crippen LogP contribution in [0.25, 0.3) is 0 Å². The van der Waals surface area contributed by atoms with Gasteiger partial charge in [-0.3, -0.25) is 13.8 Å². The van der Waals surface area contributed by atoms with Gasteiger partial charge < -0.3 is 92.8 Å². The first-order valence-electron chi connectivity index (χ1n) is 27.3. The number of esters is 1. The van der Waals surface area contributed by atoms with Crippen LogP contribution in [0.5, 0.6) is 0 Å². The first kappa shape index (κ1) is 63.8. The third-order valence-corrected chi connectivity index (χ3v) is 20.2. The summed E-state index contributed by atoms with van der Waals surface area (Å²) in [4.78, 5) is 28.7. The number of rotatable bonds is 16. The van der Waals surface area contributed by atoms with Crippen molar-refractivity contribution in [1.29, 1.82) is 0 Å². The first-order chi connectivity index (χ1) is 36.5. The van der Waals surface area contributed by atoms with Crippen molar-refractivity contribution in [1.82, 2.24) is 0 Å². The second kappa shape index (κ2) is 23.6. The fourth-order valence-corrected chi connectivity index (χ4v) is 16.3. The third-order valence-electron chi connectivity index (χ3n) is 19.7. The van der Waals surface area contributed by atoms with E-state index in [2.05, 4.69) is 44.5 Å². The fourth-order valence-electron chi connectivity index (χ4n) is 15.8. The van der Waals surface area contributed by atoms with Gasteiger partial charge in [-0.1, -0.05) is 44.9 Å². The van der Waals surface area contributed by atoms with Gasteiger partial charge in [0.1, 0.15) is 90.7 Å². The molecule has 1 spiro atoms. The van der Waals surface area contributed by atoms with E-state index >= 15 is 0 Å². The van der Waals surface area contributed by atoms with E-state index in [1.807, 2.05) is 13.8 Å². The molecule has 5 saturated heterocycles. The van der Waals surface area contributed by atoms with Crippen LogP contribution in [0.3, 0.4) is 0 Å². The maximum Gasteiger partial charge on any atom is 1.00 e. The predicted molar refractivity (Wildman–Crippen MR) is 263 cm³/mol. The Kier molecular flexibility index (Phi) is 19.1. The summed E-state index contributed by atoms with van der Waals surface area (Å²) in [5.41, 5.74) is -1.40. The molecule has 0 aromatic rings. The summed E-state index contributed by atoms with van der Waals surface area (Å²) in [6, 6.07) is 0. The quantitative estimate of drug-likeness (QED) is 0.0250. The van der Waals surface area contributed by atoms with E-state index in [1.165, 1.54) is 14.0 Å². The molecule has 79 heavy (non-hydrogen) atoms. The maximum atomic E-state index is 14.4. The number of ketones is 1. The Morgan fingerprint density at radius 2 is 1.44 bits per heavy atom. The number of aliphatic hydroxyl groups is 8. The van der Waals surface area contributed by atoms with Gasteiger partial charge in [-0.25, -0.2) is 8.42 Å². The molecular weight excluding hydrogens is 1080 g/mol. The molecule has 0 radical (unpaired) electrons. The Balaban J connectivity index is 0.00000822. The number of methoxy groups -OCH3 is 1. The number of fused-ring (bicyclic) bond motifs is 4. The Morgan fingerprint density at radius 1 is 0.797 bits per heavy atom. The molecule has 8 N–H and O–H groups in total. The molecule has 26 heteroatoms. The number of carbonyl (C=O) groups excluding carboxylic acids is 2. The molecule has 1 unspecified atom stereocenters. The topological polar surface area (TPSA) is 355 Å². The summed E-state index contributed by atoms with van der Waals surface area (Å²) in [6.07, 6.45) is -22.3. The van der Waals surface area contributed by atoms with Gasteiger partial charge in [0.25, 0.3) is 0 Å². The molecule has 26 atom stereocenters. The van der Waals surface area contributed by atoms with Crippen LogP contribution in [-0.4, -0.2) is 215 Å². The molecule has 24 nitrogen and oxygen atoms in total. The monoisotopic (exact) mass is 1160 g/mol. The van der Waals surface area contributed by atoms with Crippen LogP contribution in [0, 0.1) is 39.4 Å². The second-order valence-corrected chi connectivity index (χ2v) is 25.8. The van der Waals surface area contributed by atoms with Gasteiger partial charge in [0.05, 0.1) is 43.4 Å². The van der Waals surface area contributed by atoms with Crippen LogP contribution in [0.2, 0.25) is 0 Å². The SMILES string of the molecule is C=C(C)CCC[C@]1(C)OC(=O)[C@]23CC[C@@H]4C(=CCC5C(C)(C)[C@@H](O[C@@H]6OC[C@@H](OS(=O)(=O)[O-])[C@H](O)[C@H]6O[C@@H]6O[C@H](C)[C@@H](O[C@@H]7OC[C@@H](O)[C@H](O[C@@H]8O[C@H](CO)[C@@H](O)[C@H](OC)[C@H]8O)[C@H]7O)[C@H](O)[C@H]6O)CC[C@@]54C)[C@]2(C)CC(=O)[C@@H]31.[Na+]. The molecule has 9 rings (SSSR count). The van der Waals surface area contributed by atoms with Crippen molar-refractivity contribution < 1.29 is 145 Å². The number of carbonyl (C=O) groups is 2. The average Bonchev–Trinajstić information content (AvgIpc) is 2.50. The van der Waals surface area contributed by atoms with Gasteiger partial charge in [-0.05, 0) is 94.8 Å². The molecule has 0 aromatic heterocycles. The molecule has 0 bridgehead atoms. The van der Waals surface area contributed by atoms with Gasteiger partial charge in [-0.15, -0.1) is 6.58 Å². The van der Waals surface area contributed by atoms with E-state index in [0.29, 0.717) is 38.5 Å². The van der Waals surface area contributed by atoms with Crippen molar-refractivity contribution in [2.24, 2.45) is 39.4 Å². The summed E-state index contributed by atoms with van der Waals surface area (Å²) < 4.78 is 99.5. The Labute approximate surface area is 482 Å². The largest absolute Gasteiger partial charge is 1.00 e. The fraction of sp³-hybridized carbons (Fsp3) is 0.887. The van der Waals surface area contributed by atoms with E-state index in [1.54, 1.807) is 0 Å². The molecular formula is C53H81NaO24S. The van der Waals surface area contributed by atoms with Crippen molar-refractivity contribution >= 4 is 22.2 Å².